The Labute approximate surface area is 117 Å². The second-order valence-electron chi connectivity index (χ2n) is 6.86. The molecule has 3 heteroatoms. The first-order chi connectivity index (χ1) is 9.30. The Hall–Kier alpha value is -0.120. The third kappa shape index (κ3) is 2.34. The second-order valence-corrected chi connectivity index (χ2v) is 6.86. The molecule has 3 fully saturated rings. The van der Waals surface area contributed by atoms with Crippen molar-refractivity contribution in [1.29, 1.82) is 0 Å². The maximum atomic E-state index is 9.40. The first-order valence-electron chi connectivity index (χ1n) is 8.26. The van der Waals surface area contributed by atoms with Gasteiger partial charge in [0.05, 0.1) is 6.10 Å². The normalized spacial score (nSPS) is 40.1. The number of rotatable bonds is 6. The van der Waals surface area contributed by atoms with Crippen LogP contribution in [0.25, 0.3) is 0 Å². The van der Waals surface area contributed by atoms with E-state index in [0.29, 0.717) is 36.0 Å². The lowest BCUT2D eigenvalue weighted by atomic mass is 9.51. The third-order valence-electron chi connectivity index (χ3n) is 6.11. The van der Waals surface area contributed by atoms with Crippen molar-refractivity contribution in [2.45, 2.75) is 64.0 Å². The van der Waals surface area contributed by atoms with Gasteiger partial charge in [-0.25, -0.2) is 0 Å². The molecule has 19 heavy (non-hydrogen) atoms. The van der Waals surface area contributed by atoms with Crippen LogP contribution in [0.4, 0.5) is 0 Å². The van der Waals surface area contributed by atoms with Crippen molar-refractivity contribution in [2.24, 2.45) is 17.3 Å². The van der Waals surface area contributed by atoms with Crippen molar-refractivity contribution < 1.29 is 9.84 Å². The highest BCUT2D eigenvalue weighted by Gasteiger charge is 2.58. The smallest absolute Gasteiger partial charge is 0.0661 e. The molecule has 0 aromatic heterocycles. The van der Waals surface area contributed by atoms with Crippen molar-refractivity contribution in [3.8, 4) is 0 Å². The Balaban J connectivity index is 1.48. The number of hydrogen-bond acceptors (Lipinski definition) is 3. The van der Waals surface area contributed by atoms with Gasteiger partial charge in [0.25, 0.3) is 0 Å². The third-order valence-corrected chi connectivity index (χ3v) is 6.11. The molecule has 3 saturated carbocycles. The first-order valence-corrected chi connectivity index (χ1v) is 8.26. The molecule has 0 saturated heterocycles. The summed E-state index contributed by atoms with van der Waals surface area (Å²) in [6.45, 7) is 4.45. The van der Waals surface area contributed by atoms with Gasteiger partial charge in [0.1, 0.15) is 0 Å². The van der Waals surface area contributed by atoms with Crippen LogP contribution >= 0.6 is 0 Å². The second kappa shape index (κ2) is 5.71. The van der Waals surface area contributed by atoms with E-state index in [1.165, 1.54) is 44.9 Å². The molecule has 3 aliphatic rings. The Kier molecular flexibility index (Phi) is 4.16. The highest BCUT2D eigenvalue weighted by Crippen LogP contribution is 2.57. The van der Waals surface area contributed by atoms with Gasteiger partial charge in [-0.2, -0.15) is 0 Å². The highest BCUT2D eigenvalue weighted by molar-refractivity contribution is 5.12. The van der Waals surface area contributed by atoms with E-state index >= 15 is 0 Å². The number of ether oxygens (including phenoxy) is 1. The fourth-order valence-electron chi connectivity index (χ4n) is 4.64. The molecule has 1 spiro atoms. The fourth-order valence-corrected chi connectivity index (χ4v) is 4.64. The minimum Gasteiger partial charge on any atom is -0.396 e. The minimum absolute atomic E-state index is 0.379. The summed E-state index contributed by atoms with van der Waals surface area (Å²) in [7, 11) is 0. The summed E-state index contributed by atoms with van der Waals surface area (Å²) in [5.41, 5.74) is 0.476. The Morgan fingerprint density at radius 2 is 2.00 bits per heavy atom. The molecule has 4 atom stereocenters. The maximum Gasteiger partial charge on any atom is 0.0661 e. The van der Waals surface area contributed by atoms with E-state index in [9.17, 15) is 5.11 Å². The molecule has 0 aliphatic heterocycles. The quantitative estimate of drug-likeness (QED) is 0.776. The monoisotopic (exact) mass is 267 g/mol. The van der Waals surface area contributed by atoms with Gasteiger partial charge in [-0.3, -0.25) is 0 Å². The SMILES string of the molecule is CCOC1CC(NCC2CCCC2CO)C12CCC2. The summed E-state index contributed by atoms with van der Waals surface area (Å²) in [4.78, 5) is 0. The van der Waals surface area contributed by atoms with Crippen LogP contribution in [-0.4, -0.2) is 37.0 Å². The molecule has 0 amide bonds. The molecule has 2 N–H and O–H groups in total. The minimum atomic E-state index is 0.379. The van der Waals surface area contributed by atoms with Crippen LogP contribution < -0.4 is 5.32 Å². The van der Waals surface area contributed by atoms with Crippen LogP contribution in [0.15, 0.2) is 0 Å². The van der Waals surface area contributed by atoms with Crippen molar-refractivity contribution in [2.75, 3.05) is 19.8 Å². The average Bonchev–Trinajstić information content (AvgIpc) is 2.78. The van der Waals surface area contributed by atoms with Gasteiger partial charge >= 0.3 is 0 Å². The maximum absolute atomic E-state index is 9.40. The molecular weight excluding hydrogens is 238 g/mol. The lowest BCUT2D eigenvalue weighted by Crippen LogP contribution is -2.67. The van der Waals surface area contributed by atoms with E-state index in [-0.39, 0.29) is 0 Å². The Morgan fingerprint density at radius 1 is 1.21 bits per heavy atom. The number of nitrogens with one attached hydrogen (secondary N) is 1. The molecule has 0 aromatic carbocycles. The van der Waals surface area contributed by atoms with Crippen LogP contribution in [0.3, 0.4) is 0 Å². The summed E-state index contributed by atoms with van der Waals surface area (Å²) < 4.78 is 5.90. The van der Waals surface area contributed by atoms with Gasteiger partial charge in [-0.15, -0.1) is 0 Å². The van der Waals surface area contributed by atoms with Gasteiger partial charge < -0.3 is 15.2 Å². The number of aliphatic hydroxyl groups is 1. The van der Waals surface area contributed by atoms with Crippen molar-refractivity contribution in [3.05, 3.63) is 0 Å². The summed E-state index contributed by atoms with van der Waals surface area (Å²) in [5.74, 6) is 1.25. The van der Waals surface area contributed by atoms with Crippen LogP contribution in [-0.2, 0) is 4.74 Å². The molecule has 3 nitrogen and oxygen atoms in total. The molecule has 0 bridgehead atoms. The van der Waals surface area contributed by atoms with Crippen molar-refractivity contribution >= 4 is 0 Å². The highest BCUT2D eigenvalue weighted by atomic mass is 16.5. The summed E-state index contributed by atoms with van der Waals surface area (Å²) in [6, 6.07) is 0.678. The average molecular weight is 267 g/mol. The van der Waals surface area contributed by atoms with E-state index in [1.807, 2.05) is 0 Å². The molecule has 0 radical (unpaired) electrons. The lowest BCUT2D eigenvalue weighted by Gasteiger charge is -2.61. The standard InChI is InChI=1S/C16H29NO2/c1-2-19-15-9-14(16(15)7-4-8-16)17-10-12-5-3-6-13(12)11-18/h12-15,17-18H,2-11H2,1H3. The Morgan fingerprint density at radius 3 is 2.63 bits per heavy atom. The van der Waals surface area contributed by atoms with Crippen LogP contribution in [0.1, 0.15) is 51.9 Å². The van der Waals surface area contributed by atoms with Gasteiger partial charge in [0, 0.05) is 24.7 Å². The Bertz CT molecular complexity index is 303. The molecule has 3 rings (SSSR count). The largest absolute Gasteiger partial charge is 0.396 e. The van der Waals surface area contributed by atoms with E-state index < -0.39 is 0 Å². The molecule has 3 aliphatic carbocycles. The van der Waals surface area contributed by atoms with E-state index in [1.54, 1.807) is 0 Å². The predicted octanol–water partition coefficient (Wildman–Crippen LogP) is 2.33. The van der Waals surface area contributed by atoms with Gasteiger partial charge in [0.2, 0.25) is 0 Å². The molecule has 4 unspecified atom stereocenters. The summed E-state index contributed by atoms with van der Waals surface area (Å²) in [6.07, 6.45) is 9.62. The van der Waals surface area contributed by atoms with Crippen LogP contribution in [0, 0.1) is 17.3 Å². The van der Waals surface area contributed by atoms with E-state index in [2.05, 4.69) is 12.2 Å². The van der Waals surface area contributed by atoms with Crippen LogP contribution in [0.2, 0.25) is 0 Å². The number of hydrogen-bond donors (Lipinski definition) is 2. The summed E-state index contributed by atoms with van der Waals surface area (Å²) in [5, 5.41) is 13.2. The molecule has 0 aromatic rings. The van der Waals surface area contributed by atoms with E-state index in [0.717, 1.165) is 13.2 Å². The zero-order chi connectivity index (χ0) is 13.3. The molecule has 0 heterocycles. The summed E-state index contributed by atoms with van der Waals surface area (Å²) >= 11 is 0. The number of aliphatic hydroxyl groups excluding tert-OH is 1. The molecular formula is C16H29NO2. The topological polar surface area (TPSA) is 41.5 Å². The first kappa shape index (κ1) is 13.8. The van der Waals surface area contributed by atoms with Crippen LogP contribution in [0.5, 0.6) is 0 Å². The predicted molar refractivity (Wildman–Crippen MR) is 76.0 cm³/mol. The van der Waals surface area contributed by atoms with Gasteiger partial charge in [0.15, 0.2) is 0 Å². The van der Waals surface area contributed by atoms with Crippen molar-refractivity contribution in [3.63, 3.8) is 0 Å². The van der Waals surface area contributed by atoms with E-state index in [4.69, 9.17) is 4.74 Å². The van der Waals surface area contributed by atoms with Gasteiger partial charge in [-0.05, 0) is 57.4 Å². The zero-order valence-electron chi connectivity index (χ0n) is 12.2. The lowest BCUT2D eigenvalue weighted by molar-refractivity contribution is -0.173. The van der Waals surface area contributed by atoms with Crippen molar-refractivity contribution in [1.82, 2.24) is 5.32 Å². The fraction of sp³-hybridized carbons (Fsp3) is 1.00. The molecule has 110 valence electrons. The van der Waals surface area contributed by atoms with Gasteiger partial charge in [-0.1, -0.05) is 12.8 Å². The zero-order valence-corrected chi connectivity index (χ0v) is 12.2.